The van der Waals surface area contributed by atoms with E-state index < -0.39 is 0 Å². The number of aromatic hydroxyl groups is 1. The molecule has 3 aromatic rings. The number of piperidine rings is 1. The lowest BCUT2D eigenvalue weighted by molar-refractivity contribution is 0.102. The van der Waals surface area contributed by atoms with E-state index >= 15 is 0 Å². The van der Waals surface area contributed by atoms with Gasteiger partial charge in [0.1, 0.15) is 5.75 Å². The summed E-state index contributed by atoms with van der Waals surface area (Å²) in [5.41, 5.74) is 5.33. The second-order valence-corrected chi connectivity index (χ2v) is 8.20. The first-order chi connectivity index (χ1) is 14.5. The van der Waals surface area contributed by atoms with Crippen molar-refractivity contribution in [1.29, 1.82) is 0 Å². The predicted molar refractivity (Wildman–Crippen MR) is 122 cm³/mol. The van der Waals surface area contributed by atoms with E-state index in [-0.39, 0.29) is 11.7 Å². The molecule has 0 atom stereocenters. The van der Waals surface area contributed by atoms with E-state index in [4.69, 9.17) is 0 Å². The van der Waals surface area contributed by atoms with E-state index in [0.29, 0.717) is 11.5 Å². The number of carbonyl (C=O) groups is 1. The zero-order valence-electron chi connectivity index (χ0n) is 17.6. The van der Waals surface area contributed by atoms with Crippen molar-refractivity contribution < 1.29 is 9.90 Å². The molecule has 0 unspecified atom stereocenters. The van der Waals surface area contributed by atoms with Gasteiger partial charge in [0.25, 0.3) is 5.91 Å². The van der Waals surface area contributed by atoms with E-state index in [1.54, 1.807) is 6.07 Å². The molecule has 4 rings (SSSR count). The topological polar surface area (TPSA) is 52.6 Å². The molecule has 4 nitrogen and oxygen atoms in total. The first kappa shape index (κ1) is 20.2. The average Bonchev–Trinajstić information content (AvgIpc) is 2.77. The quantitative estimate of drug-likeness (QED) is 0.614. The number of carbonyl (C=O) groups excluding carboxylic acids is 1. The minimum atomic E-state index is -0.282. The Morgan fingerprint density at radius 3 is 2.43 bits per heavy atom. The molecule has 4 heteroatoms. The highest BCUT2D eigenvalue weighted by Crippen LogP contribution is 2.31. The van der Waals surface area contributed by atoms with Gasteiger partial charge < -0.3 is 15.3 Å². The van der Waals surface area contributed by atoms with Crippen LogP contribution in [0.1, 0.15) is 40.2 Å². The Bertz CT molecular complexity index is 1040. The van der Waals surface area contributed by atoms with Gasteiger partial charge in [0.2, 0.25) is 0 Å². The Morgan fingerprint density at radius 2 is 1.70 bits per heavy atom. The molecule has 3 aromatic carbocycles. The van der Waals surface area contributed by atoms with Crippen LogP contribution in [0, 0.1) is 6.92 Å². The summed E-state index contributed by atoms with van der Waals surface area (Å²) in [7, 11) is 2.14. The molecule has 1 saturated heterocycles. The van der Waals surface area contributed by atoms with Crippen LogP contribution < -0.4 is 5.32 Å². The number of rotatable bonds is 4. The van der Waals surface area contributed by atoms with Gasteiger partial charge in [-0.1, -0.05) is 48.5 Å². The Balaban J connectivity index is 1.57. The maximum atomic E-state index is 13.0. The van der Waals surface area contributed by atoms with Crippen LogP contribution in [0.25, 0.3) is 11.1 Å². The van der Waals surface area contributed by atoms with Gasteiger partial charge >= 0.3 is 0 Å². The number of phenolic OH excluding ortho intramolecular Hbond substituents is 1. The number of nitrogens with one attached hydrogen (secondary N) is 1. The Morgan fingerprint density at radius 1 is 0.967 bits per heavy atom. The van der Waals surface area contributed by atoms with Crippen LogP contribution in [0.4, 0.5) is 5.69 Å². The monoisotopic (exact) mass is 400 g/mol. The van der Waals surface area contributed by atoms with E-state index in [1.165, 1.54) is 0 Å². The van der Waals surface area contributed by atoms with Crippen LogP contribution in [0.15, 0.2) is 66.7 Å². The zero-order chi connectivity index (χ0) is 21.1. The van der Waals surface area contributed by atoms with Crippen molar-refractivity contribution in [2.24, 2.45) is 0 Å². The Kier molecular flexibility index (Phi) is 5.86. The van der Waals surface area contributed by atoms with E-state index in [2.05, 4.69) is 23.3 Å². The third-order valence-electron chi connectivity index (χ3n) is 6.05. The second-order valence-electron chi connectivity index (χ2n) is 8.20. The van der Waals surface area contributed by atoms with Crippen LogP contribution in [0.2, 0.25) is 0 Å². The lowest BCUT2D eigenvalue weighted by atomic mass is 9.88. The normalized spacial score (nSPS) is 15.1. The average molecular weight is 401 g/mol. The lowest BCUT2D eigenvalue weighted by Gasteiger charge is -2.29. The number of nitrogens with zero attached hydrogens (tertiary/aromatic N) is 1. The number of anilines is 1. The molecule has 0 spiro atoms. The van der Waals surface area contributed by atoms with Crippen LogP contribution in [0.5, 0.6) is 5.75 Å². The first-order valence-electron chi connectivity index (χ1n) is 10.5. The van der Waals surface area contributed by atoms with Gasteiger partial charge in [0.05, 0.1) is 5.56 Å². The van der Waals surface area contributed by atoms with Crippen molar-refractivity contribution in [2.45, 2.75) is 25.7 Å². The van der Waals surface area contributed by atoms with Gasteiger partial charge in [-0.15, -0.1) is 0 Å². The molecule has 1 fully saturated rings. The van der Waals surface area contributed by atoms with Gasteiger partial charge in [0.15, 0.2) is 0 Å². The maximum absolute atomic E-state index is 13.0. The van der Waals surface area contributed by atoms with Crippen molar-refractivity contribution in [1.82, 2.24) is 4.90 Å². The predicted octanol–water partition coefficient (Wildman–Crippen LogP) is 5.43. The summed E-state index contributed by atoms with van der Waals surface area (Å²) in [5, 5.41) is 13.4. The van der Waals surface area contributed by atoms with Crippen LogP contribution in [0.3, 0.4) is 0 Å². The molecule has 1 amide bonds. The van der Waals surface area contributed by atoms with Crippen molar-refractivity contribution in [3.05, 3.63) is 83.4 Å². The molecular formula is C26H28N2O2. The fraction of sp³-hybridized carbons (Fsp3) is 0.269. The summed E-state index contributed by atoms with van der Waals surface area (Å²) in [6.07, 6.45) is 2.14. The van der Waals surface area contributed by atoms with E-state index in [9.17, 15) is 9.90 Å². The molecule has 1 aliphatic rings. The number of hydrogen-bond acceptors (Lipinski definition) is 3. The summed E-state index contributed by atoms with van der Waals surface area (Å²) in [6, 6.07) is 21.6. The second kappa shape index (κ2) is 8.72. The highest BCUT2D eigenvalue weighted by Gasteiger charge is 2.21. The molecule has 0 bridgehead atoms. The third-order valence-corrected chi connectivity index (χ3v) is 6.05. The number of hydrogen-bond donors (Lipinski definition) is 2. The molecule has 0 aliphatic carbocycles. The summed E-state index contributed by atoms with van der Waals surface area (Å²) in [5.74, 6) is 0.160. The number of aryl methyl sites for hydroxylation is 1. The van der Waals surface area contributed by atoms with Crippen LogP contribution in [-0.4, -0.2) is 36.1 Å². The highest BCUT2D eigenvalue weighted by molar-refractivity contribution is 6.06. The zero-order valence-corrected chi connectivity index (χ0v) is 17.6. The summed E-state index contributed by atoms with van der Waals surface area (Å²) in [6.45, 7) is 4.08. The van der Waals surface area contributed by atoms with Crippen molar-refractivity contribution in [2.75, 3.05) is 25.5 Å². The van der Waals surface area contributed by atoms with E-state index in [1.807, 2.05) is 61.5 Å². The van der Waals surface area contributed by atoms with Gasteiger partial charge in [-0.05, 0) is 86.3 Å². The summed E-state index contributed by atoms with van der Waals surface area (Å²) >= 11 is 0. The fourth-order valence-electron chi connectivity index (χ4n) is 4.09. The standard InChI is InChI=1S/C26H28N2O2/c1-18-8-9-22(19-6-4-3-5-7-19)17-24(18)27-26(30)23-16-21(10-11-25(23)29)20-12-14-28(2)15-13-20/h3-11,16-17,20,29H,12-15H2,1-2H3,(H,27,30). The third kappa shape index (κ3) is 4.39. The summed E-state index contributed by atoms with van der Waals surface area (Å²) < 4.78 is 0. The maximum Gasteiger partial charge on any atom is 0.259 e. The smallest absolute Gasteiger partial charge is 0.259 e. The largest absolute Gasteiger partial charge is 0.507 e. The lowest BCUT2D eigenvalue weighted by Crippen LogP contribution is -2.29. The molecule has 0 radical (unpaired) electrons. The number of phenols is 1. The minimum Gasteiger partial charge on any atom is -0.507 e. The van der Waals surface area contributed by atoms with Gasteiger partial charge in [-0.3, -0.25) is 4.79 Å². The Hall–Kier alpha value is -3.11. The molecule has 2 N–H and O–H groups in total. The molecule has 1 aliphatic heterocycles. The number of likely N-dealkylation sites (tertiary alicyclic amines) is 1. The van der Waals surface area contributed by atoms with Crippen molar-refractivity contribution in [3.63, 3.8) is 0 Å². The number of benzene rings is 3. The molecule has 0 aromatic heterocycles. The molecule has 0 saturated carbocycles. The van der Waals surface area contributed by atoms with Gasteiger partial charge in [0, 0.05) is 5.69 Å². The number of amides is 1. The van der Waals surface area contributed by atoms with Crippen molar-refractivity contribution >= 4 is 11.6 Å². The highest BCUT2D eigenvalue weighted by atomic mass is 16.3. The molecule has 30 heavy (non-hydrogen) atoms. The van der Waals surface area contributed by atoms with Gasteiger partial charge in [-0.25, -0.2) is 0 Å². The van der Waals surface area contributed by atoms with Crippen LogP contribution >= 0.6 is 0 Å². The summed E-state index contributed by atoms with van der Waals surface area (Å²) in [4.78, 5) is 15.4. The Labute approximate surface area is 178 Å². The minimum absolute atomic E-state index is 0.0149. The molecular weight excluding hydrogens is 372 g/mol. The SMILES string of the molecule is Cc1ccc(-c2ccccc2)cc1NC(=O)c1cc(C2CCN(C)CC2)ccc1O. The fourth-order valence-corrected chi connectivity index (χ4v) is 4.09. The van der Waals surface area contributed by atoms with Crippen molar-refractivity contribution in [3.8, 4) is 16.9 Å². The molecule has 154 valence electrons. The van der Waals surface area contributed by atoms with E-state index in [0.717, 1.165) is 53.9 Å². The molecule has 1 heterocycles. The first-order valence-corrected chi connectivity index (χ1v) is 10.5. The van der Waals surface area contributed by atoms with Gasteiger partial charge in [-0.2, -0.15) is 0 Å². The van der Waals surface area contributed by atoms with Crippen LogP contribution in [-0.2, 0) is 0 Å².